The maximum atomic E-state index is 14.0. The van der Waals surface area contributed by atoms with Gasteiger partial charge in [0.15, 0.2) is 9.84 Å². The number of hydrogen-bond acceptors (Lipinski definition) is 6. The predicted molar refractivity (Wildman–Crippen MR) is 152 cm³/mol. The van der Waals surface area contributed by atoms with Crippen molar-refractivity contribution in [2.24, 2.45) is 5.92 Å². The van der Waals surface area contributed by atoms with Crippen molar-refractivity contribution in [1.82, 2.24) is 10.2 Å². The number of carbonyl (C=O) groups is 2. The molecule has 0 unspecified atom stereocenters. The van der Waals surface area contributed by atoms with E-state index in [4.69, 9.17) is 0 Å². The van der Waals surface area contributed by atoms with Gasteiger partial charge in [-0.15, -0.1) is 0 Å². The summed E-state index contributed by atoms with van der Waals surface area (Å²) < 4.78 is 41.3. The number of anilines is 2. The minimum Gasteiger partial charge on any atom is -0.367 e. The molecule has 3 aliphatic rings. The Kier molecular flexibility index (Phi) is 8.58. The van der Waals surface area contributed by atoms with Gasteiger partial charge in [-0.3, -0.25) is 14.5 Å². The number of amides is 2. The van der Waals surface area contributed by atoms with Crippen LogP contribution in [0.1, 0.15) is 31.2 Å². The first kappa shape index (κ1) is 28.0. The number of benzene rings is 2. The van der Waals surface area contributed by atoms with Crippen LogP contribution in [0.25, 0.3) is 0 Å². The van der Waals surface area contributed by atoms with Gasteiger partial charge in [0.25, 0.3) is 0 Å². The van der Waals surface area contributed by atoms with Gasteiger partial charge >= 0.3 is 0 Å². The zero-order valence-corrected chi connectivity index (χ0v) is 24.3. The minimum atomic E-state index is -3.78. The van der Waals surface area contributed by atoms with Crippen molar-refractivity contribution < 1.29 is 22.4 Å². The number of fused-ring (bicyclic) bond motifs is 1. The average molecular weight is 622 g/mol. The Morgan fingerprint density at radius 2 is 1.79 bits per heavy atom. The Hall–Kier alpha value is -2.50. The molecule has 0 atom stereocenters. The first-order valence-electron chi connectivity index (χ1n) is 13.6. The molecule has 1 saturated heterocycles. The number of sulfone groups is 1. The summed E-state index contributed by atoms with van der Waals surface area (Å²) in [6.45, 7) is 4.88. The summed E-state index contributed by atoms with van der Waals surface area (Å²) >= 11 is 3.41. The maximum absolute atomic E-state index is 14.0. The second kappa shape index (κ2) is 11.9. The zero-order chi connectivity index (χ0) is 27.6. The third kappa shape index (κ3) is 6.63. The molecular weight excluding hydrogens is 587 g/mol. The number of carbonyl (C=O) groups excluding carboxylic acids is 2. The Bertz CT molecular complexity index is 1340. The monoisotopic (exact) mass is 620 g/mol. The molecule has 5 rings (SSSR count). The summed E-state index contributed by atoms with van der Waals surface area (Å²) in [5.74, 6) is -0.828. The Morgan fingerprint density at radius 1 is 1.05 bits per heavy atom. The summed E-state index contributed by atoms with van der Waals surface area (Å²) in [7, 11) is -3.78. The van der Waals surface area contributed by atoms with E-state index in [0.29, 0.717) is 35.4 Å². The van der Waals surface area contributed by atoms with Gasteiger partial charge in [-0.1, -0.05) is 28.1 Å². The molecule has 1 aliphatic carbocycles. The molecule has 0 spiro atoms. The number of nitrogens with one attached hydrogen (secondary N) is 1. The van der Waals surface area contributed by atoms with Gasteiger partial charge in [-0.05, 0) is 62.1 Å². The lowest BCUT2D eigenvalue weighted by Crippen LogP contribution is -2.47. The van der Waals surface area contributed by atoms with E-state index < -0.39 is 9.84 Å². The molecule has 1 saturated carbocycles. The van der Waals surface area contributed by atoms with Crippen LogP contribution in [0.4, 0.5) is 15.8 Å². The highest BCUT2D eigenvalue weighted by Crippen LogP contribution is 2.41. The van der Waals surface area contributed by atoms with E-state index >= 15 is 0 Å². The second-order valence-corrected chi connectivity index (χ2v) is 13.5. The van der Waals surface area contributed by atoms with Crippen LogP contribution in [0.2, 0.25) is 0 Å². The van der Waals surface area contributed by atoms with Crippen molar-refractivity contribution in [2.45, 2.75) is 37.0 Å². The van der Waals surface area contributed by atoms with E-state index in [9.17, 15) is 22.4 Å². The van der Waals surface area contributed by atoms with Crippen molar-refractivity contribution in [2.75, 3.05) is 61.4 Å². The van der Waals surface area contributed by atoms with Gasteiger partial charge in [0, 0.05) is 56.1 Å². The van der Waals surface area contributed by atoms with Crippen LogP contribution in [0.5, 0.6) is 0 Å². The first-order chi connectivity index (χ1) is 18.7. The highest BCUT2D eigenvalue weighted by atomic mass is 79.9. The summed E-state index contributed by atoms with van der Waals surface area (Å²) in [6, 6.07) is 10.2. The molecule has 2 fully saturated rings. The van der Waals surface area contributed by atoms with E-state index in [2.05, 4.69) is 31.0 Å². The predicted octanol–water partition coefficient (Wildman–Crippen LogP) is 3.38. The van der Waals surface area contributed by atoms with Crippen LogP contribution in [0.3, 0.4) is 0 Å². The van der Waals surface area contributed by atoms with Gasteiger partial charge in [0.1, 0.15) is 5.82 Å². The second-order valence-electron chi connectivity index (χ2n) is 10.5. The van der Waals surface area contributed by atoms with Gasteiger partial charge in [0.05, 0.1) is 22.0 Å². The number of nitrogens with zero attached hydrogens (tertiary/aromatic N) is 3. The van der Waals surface area contributed by atoms with Crippen LogP contribution in [0, 0.1) is 11.7 Å². The van der Waals surface area contributed by atoms with E-state index in [1.807, 2.05) is 12.1 Å². The molecule has 2 aliphatic heterocycles. The lowest BCUT2D eigenvalue weighted by atomic mass is 10.2. The molecule has 8 nitrogen and oxygen atoms in total. The number of para-hydroxylation sites is 1. The summed E-state index contributed by atoms with van der Waals surface area (Å²) in [5, 5.41) is 2.84. The van der Waals surface area contributed by atoms with Gasteiger partial charge < -0.3 is 15.1 Å². The molecule has 210 valence electrons. The van der Waals surface area contributed by atoms with E-state index in [1.165, 1.54) is 6.07 Å². The van der Waals surface area contributed by atoms with E-state index in [-0.39, 0.29) is 40.6 Å². The number of rotatable bonds is 10. The van der Waals surface area contributed by atoms with Crippen LogP contribution in [-0.2, 0) is 25.8 Å². The molecule has 11 heteroatoms. The number of halogens is 2. The fraction of sp³-hybridized carbons (Fsp3) is 0.500. The first-order valence-corrected chi connectivity index (χ1v) is 16.0. The van der Waals surface area contributed by atoms with Gasteiger partial charge in [0.2, 0.25) is 11.8 Å². The van der Waals surface area contributed by atoms with E-state index in [1.54, 1.807) is 23.1 Å². The third-order valence-electron chi connectivity index (χ3n) is 7.66. The molecule has 0 radical (unpaired) electrons. The van der Waals surface area contributed by atoms with Crippen molar-refractivity contribution in [3.8, 4) is 0 Å². The Labute approximate surface area is 237 Å². The van der Waals surface area contributed by atoms with Gasteiger partial charge in [-0.2, -0.15) is 0 Å². The highest BCUT2D eigenvalue weighted by Gasteiger charge is 2.39. The molecule has 1 N–H and O–H groups in total. The largest absolute Gasteiger partial charge is 0.367 e. The fourth-order valence-electron chi connectivity index (χ4n) is 5.35. The molecular formula is C28H34BrFN4O4S. The van der Waals surface area contributed by atoms with Gasteiger partial charge in [-0.25, -0.2) is 12.8 Å². The van der Waals surface area contributed by atoms with Crippen LogP contribution in [0.15, 0.2) is 45.8 Å². The average Bonchev–Trinajstić information content (AvgIpc) is 3.69. The molecule has 0 aromatic heterocycles. The molecule has 2 aromatic carbocycles. The molecule has 2 amide bonds. The van der Waals surface area contributed by atoms with Crippen molar-refractivity contribution in [1.29, 1.82) is 0 Å². The third-order valence-corrected chi connectivity index (χ3v) is 9.84. The zero-order valence-electron chi connectivity index (χ0n) is 21.9. The molecule has 0 bridgehead atoms. The Balaban J connectivity index is 1.07. The Morgan fingerprint density at radius 3 is 2.51 bits per heavy atom. The maximum Gasteiger partial charge on any atom is 0.230 e. The molecule has 39 heavy (non-hydrogen) atoms. The topological polar surface area (TPSA) is 90.0 Å². The molecule has 2 aromatic rings. The number of piperazine rings is 1. The van der Waals surface area contributed by atoms with Crippen LogP contribution < -0.4 is 15.1 Å². The van der Waals surface area contributed by atoms with E-state index in [0.717, 1.165) is 57.5 Å². The van der Waals surface area contributed by atoms with Crippen LogP contribution in [-0.4, -0.2) is 76.7 Å². The quantitative estimate of drug-likeness (QED) is 0.410. The number of hydrogen-bond donors (Lipinski definition) is 1. The lowest BCUT2D eigenvalue weighted by molar-refractivity contribution is -0.121. The summed E-state index contributed by atoms with van der Waals surface area (Å²) in [4.78, 5) is 31.4. The summed E-state index contributed by atoms with van der Waals surface area (Å²) in [5.41, 5.74) is 1.97. The van der Waals surface area contributed by atoms with Crippen LogP contribution >= 0.6 is 15.9 Å². The smallest absolute Gasteiger partial charge is 0.230 e. The minimum absolute atomic E-state index is 0.00101. The summed E-state index contributed by atoms with van der Waals surface area (Å²) in [6.07, 6.45) is 2.94. The van der Waals surface area contributed by atoms with Crippen molar-refractivity contribution in [3.63, 3.8) is 0 Å². The highest BCUT2D eigenvalue weighted by molar-refractivity contribution is 9.10. The van der Waals surface area contributed by atoms with Crippen molar-refractivity contribution in [3.05, 3.63) is 52.3 Å². The lowest BCUT2D eigenvalue weighted by Gasteiger charge is -2.36. The standard InChI is InChI=1S/C28H34BrFN4O4S/c29-22-18-21-8-12-34(28(36)20-6-7-20)27(21)25(19-22)39(37,38)17-9-26(35)31-10-3-11-32-13-15-33(16-14-32)24-5-2-1-4-23(24)30/h1-2,4-5,18-20H,3,6-17H2,(H,31,35). The van der Waals surface area contributed by atoms with Crippen molar-refractivity contribution >= 4 is 49.0 Å². The SMILES string of the molecule is O=C(CCS(=O)(=O)c1cc(Br)cc2c1N(C(=O)C1CC1)CC2)NCCCN1CCN(c2ccccc2F)CC1. The fourth-order valence-corrected chi connectivity index (χ4v) is 7.53. The molecule has 2 heterocycles. The normalized spacial score (nSPS) is 17.8.